The lowest BCUT2D eigenvalue weighted by Crippen LogP contribution is -2.49. The van der Waals surface area contributed by atoms with Crippen molar-refractivity contribution in [2.24, 2.45) is 0 Å². The summed E-state index contributed by atoms with van der Waals surface area (Å²) in [5.41, 5.74) is 1.81. The first-order valence-electron chi connectivity index (χ1n) is 10.3. The molecule has 0 bridgehead atoms. The van der Waals surface area contributed by atoms with Crippen LogP contribution in [0.3, 0.4) is 0 Å². The van der Waals surface area contributed by atoms with Gasteiger partial charge in [-0.1, -0.05) is 44.9 Å². The Morgan fingerprint density at radius 3 is 2.50 bits per heavy atom. The molecule has 0 aliphatic carbocycles. The van der Waals surface area contributed by atoms with E-state index in [2.05, 4.69) is 30.6 Å². The van der Waals surface area contributed by atoms with Gasteiger partial charge in [0.05, 0.1) is 0 Å². The highest BCUT2D eigenvalue weighted by Crippen LogP contribution is 2.24. The Kier molecular flexibility index (Phi) is 9.10. The Hall–Kier alpha value is -0.900. The second kappa shape index (κ2) is 11.1. The van der Waals surface area contributed by atoms with Gasteiger partial charge in [-0.05, 0) is 69.4 Å². The van der Waals surface area contributed by atoms with Crippen LogP contribution in [-0.2, 0) is 6.54 Å². The summed E-state index contributed by atoms with van der Waals surface area (Å²) in [4.78, 5) is 16.6. The Balaban J connectivity index is 1.95. The summed E-state index contributed by atoms with van der Waals surface area (Å²) < 4.78 is 0. The number of benzene rings is 1. The minimum absolute atomic E-state index is 0.631. The fraction of sp³-hybridized carbons (Fsp3) is 0.682. The van der Waals surface area contributed by atoms with Crippen LogP contribution in [-0.4, -0.2) is 47.8 Å². The topological polar surface area (TPSA) is 23.6 Å². The average Bonchev–Trinajstić information content (AvgIpc) is 2.67. The third-order valence-corrected chi connectivity index (χ3v) is 6.07. The molecule has 1 aliphatic rings. The molecule has 4 heteroatoms. The molecule has 2 rings (SSSR count). The van der Waals surface area contributed by atoms with Crippen LogP contribution >= 0.6 is 11.6 Å². The smallest absolute Gasteiger partial charge is 0.150 e. The van der Waals surface area contributed by atoms with Gasteiger partial charge in [-0.2, -0.15) is 0 Å². The average molecular weight is 379 g/mol. The molecule has 26 heavy (non-hydrogen) atoms. The molecular formula is C22H35ClN2O. The summed E-state index contributed by atoms with van der Waals surface area (Å²) >= 11 is 6.01. The normalized spacial score (nSPS) is 16.5. The molecule has 0 saturated carbocycles. The fourth-order valence-electron chi connectivity index (χ4n) is 4.23. The van der Waals surface area contributed by atoms with Crippen LogP contribution in [0.25, 0.3) is 0 Å². The molecule has 1 fully saturated rings. The molecule has 0 aromatic heterocycles. The van der Waals surface area contributed by atoms with Gasteiger partial charge in [0.1, 0.15) is 6.29 Å². The first-order valence-corrected chi connectivity index (χ1v) is 10.7. The molecule has 0 atom stereocenters. The van der Waals surface area contributed by atoms with Crippen molar-refractivity contribution in [2.45, 2.75) is 77.9 Å². The Morgan fingerprint density at radius 2 is 1.92 bits per heavy atom. The van der Waals surface area contributed by atoms with Gasteiger partial charge in [0.15, 0.2) is 0 Å². The maximum atomic E-state index is 11.3. The fourth-order valence-corrected chi connectivity index (χ4v) is 4.41. The van der Waals surface area contributed by atoms with Crippen molar-refractivity contribution in [3.8, 4) is 0 Å². The monoisotopic (exact) mass is 378 g/mol. The lowest BCUT2D eigenvalue weighted by atomic mass is 9.97. The summed E-state index contributed by atoms with van der Waals surface area (Å²) in [5, 5.41) is 0.631. The van der Waals surface area contributed by atoms with Crippen molar-refractivity contribution in [3.05, 3.63) is 34.3 Å². The SMILES string of the molecule is CCCCN(C(CC)CC)C1CCN(Cc2ccc(Cl)cc2C=O)CC1. The van der Waals surface area contributed by atoms with E-state index in [1.807, 2.05) is 12.1 Å². The van der Waals surface area contributed by atoms with E-state index in [9.17, 15) is 4.79 Å². The molecule has 0 amide bonds. The number of carbonyl (C=O) groups is 1. The highest BCUT2D eigenvalue weighted by atomic mass is 35.5. The van der Waals surface area contributed by atoms with Crippen molar-refractivity contribution in [2.75, 3.05) is 19.6 Å². The highest BCUT2D eigenvalue weighted by molar-refractivity contribution is 6.30. The van der Waals surface area contributed by atoms with Crippen LogP contribution in [0.5, 0.6) is 0 Å². The summed E-state index contributed by atoms with van der Waals surface area (Å²) in [6, 6.07) is 7.08. The number of hydrogen-bond donors (Lipinski definition) is 0. The van der Waals surface area contributed by atoms with E-state index < -0.39 is 0 Å². The molecule has 1 saturated heterocycles. The number of likely N-dealkylation sites (tertiary alicyclic amines) is 1. The van der Waals surface area contributed by atoms with Crippen LogP contribution in [0.2, 0.25) is 5.02 Å². The lowest BCUT2D eigenvalue weighted by molar-refractivity contribution is 0.0656. The zero-order valence-corrected chi connectivity index (χ0v) is 17.5. The molecule has 3 nitrogen and oxygen atoms in total. The number of unbranched alkanes of at least 4 members (excludes halogenated alkanes) is 1. The molecule has 146 valence electrons. The molecule has 0 N–H and O–H groups in total. The zero-order valence-electron chi connectivity index (χ0n) is 16.7. The standard InChI is InChI=1S/C22H35ClN2O/c1-4-7-12-25(21(5-2)6-3)22-10-13-24(14-11-22)16-18-8-9-20(23)15-19(18)17-26/h8-9,15,17,21-22H,4-7,10-14,16H2,1-3H3. The number of hydrogen-bond acceptors (Lipinski definition) is 3. The lowest BCUT2D eigenvalue weighted by Gasteiger charge is -2.42. The van der Waals surface area contributed by atoms with E-state index >= 15 is 0 Å². The summed E-state index contributed by atoms with van der Waals surface area (Å²) in [5.74, 6) is 0. The number of halogens is 1. The van der Waals surface area contributed by atoms with Gasteiger partial charge in [-0.15, -0.1) is 0 Å². The summed E-state index contributed by atoms with van der Waals surface area (Å²) in [6.07, 6.45) is 8.43. The van der Waals surface area contributed by atoms with E-state index in [4.69, 9.17) is 11.6 Å². The summed E-state index contributed by atoms with van der Waals surface area (Å²) in [6.45, 7) is 11.2. The van der Waals surface area contributed by atoms with Crippen LogP contribution in [0.1, 0.15) is 75.2 Å². The van der Waals surface area contributed by atoms with E-state index in [-0.39, 0.29) is 0 Å². The van der Waals surface area contributed by atoms with Gasteiger partial charge < -0.3 is 0 Å². The minimum Gasteiger partial charge on any atom is -0.299 e. The number of carbonyl (C=O) groups excluding carboxylic acids is 1. The highest BCUT2D eigenvalue weighted by Gasteiger charge is 2.28. The van der Waals surface area contributed by atoms with E-state index in [1.165, 1.54) is 45.1 Å². The predicted octanol–water partition coefficient (Wildman–Crippen LogP) is 5.41. The first-order chi connectivity index (χ1) is 12.6. The number of rotatable bonds is 10. The number of nitrogens with zero attached hydrogens (tertiary/aromatic N) is 2. The minimum atomic E-state index is 0.631. The number of piperidine rings is 1. The largest absolute Gasteiger partial charge is 0.299 e. The predicted molar refractivity (Wildman–Crippen MR) is 111 cm³/mol. The zero-order chi connectivity index (χ0) is 18.9. The first kappa shape index (κ1) is 21.4. The van der Waals surface area contributed by atoms with Gasteiger partial charge in [0, 0.05) is 29.2 Å². The molecule has 0 radical (unpaired) electrons. The molecule has 1 aromatic rings. The van der Waals surface area contributed by atoms with Gasteiger partial charge >= 0.3 is 0 Å². The quantitative estimate of drug-likeness (QED) is 0.508. The Labute approximate surface area is 164 Å². The van der Waals surface area contributed by atoms with Crippen molar-refractivity contribution >= 4 is 17.9 Å². The Bertz CT molecular complexity index is 551. The summed E-state index contributed by atoms with van der Waals surface area (Å²) in [7, 11) is 0. The van der Waals surface area contributed by atoms with Crippen LogP contribution in [0.4, 0.5) is 0 Å². The molecular weight excluding hydrogens is 344 g/mol. The van der Waals surface area contributed by atoms with Crippen molar-refractivity contribution < 1.29 is 4.79 Å². The van der Waals surface area contributed by atoms with E-state index in [1.54, 1.807) is 6.07 Å². The third-order valence-electron chi connectivity index (χ3n) is 5.84. The van der Waals surface area contributed by atoms with Gasteiger partial charge in [0.2, 0.25) is 0 Å². The van der Waals surface area contributed by atoms with Crippen LogP contribution < -0.4 is 0 Å². The third kappa shape index (κ3) is 5.80. The van der Waals surface area contributed by atoms with Crippen molar-refractivity contribution in [1.29, 1.82) is 0 Å². The number of aldehydes is 1. The van der Waals surface area contributed by atoms with Crippen molar-refractivity contribution in [3.63, 3.8) is 0 Å². The molecule has 0 spiro atoms. The molecule has 1 aliphatic heterocycles. The van der Waals surface area contributed by atoms with E-state index in [0.717, 1.165) is 43.1 Å². The van der Waals surface area contributed by atoms with Crippen LogP contribution in [0.15, 0.2) is 18.2 Å². The van der Waals surface area contributed by atoms with Gasteiger partial charge in [-0.25, -0.2) is 0 Å². The molecule has 1 heterocycles. The van der Waals surface area contributed by atoms with Crippen LogP contribution in [0, 0.1) is 0 Å². The van der Waals surface area contributed by atoms with Gasteiger partial charge in [-0.3, -0.25) is 14.6 Å². The maximum Gasteiger partial charge on any atom is 0.150 e. The van der Waals surface area contributed by atoms with Crippen molar-refractivity contribution in [1.82, 2.24) is 9.80 Å². The molecule has 0 unspecified atom stereocenters. The van der Waals surface area contributed by atoms with E-state index in [0.29, 0.717) is 11.1 Å². The second-order valence-corrected chi connectivity index (χ2v) is 7.97. The molecule has 1 aromatic carbocycles. The van der Waals surface area contributed by atoms with Gasteiger partial charge in [0.25, 0.3) is 0 Å². The maximum absolute atomic E-state index is 11.3. The Morgan fingerprint density at radius 1 is 1.23 bits per heavy atom. The second-order valence-electron chi connectivity index (χ2n) is 7.53.